The molecule has 0 aromatic heterocycles. The van der Waals surface area contributed by atoms with Crippen LogP contribution in [0.3, 0.4) is 0 Å². The third kappa shape index (κ3) is 3.97. The molecule has 1 amide bonds. The highest BCUT2D eigenvalue weighted by Crippen LogP contribution is 2.19. The molecule has 0 spiro atoms. The first-order valence-electron chi connectivity index (χ1n) is 7.07. The van der Waals surface area contributed by atoms with Gasteiger partial charge in [-0.15, -0.1) is 0 Å². The summed E-state index contributed by atoms with van der Waals surface area (Å²) in [6, 6.07) is 2.80. The summed E-state index contributed by atoms with van der Waals surface area (Å²) < 4.78 is 4.76. The lowest BCUT2D eigenvalue weighted by Crippen LogP contribution is -2.45. The van der Waals surface area contributed by atoms with Crippen molar-refractivity contribution in [3.63, 3.8) is 0 Å². The Labute approximate surface area is 125 Å². The summed E-state index contributed by atoms with van der Waals surface area (Å²) >= 11 is 0. The minimum atomic E-state index is -0.648. The predicted molar refractivity (Wildman–Crippen MR) is 83.1 cm³/mol. The molecule has 0 aliphatic rings. The van der Waals surface area contributed by atoms with E-state index in [9.17, 15) is 9.59 Å². The highest BCUT2D eigenvalue weighted by molar-refractivity contribution is 5.97. The van der Waals surface area contributed by atoms with Gasteiger partial charge in [0, 0.05) is 11.3 Å². The van der Waals surface area contributed by atoms with Gasteiger partial charge in [0.25, 0.3) is 5.91 Å². The molecule has 0 fully saturated rings. The Balaban J connectivity index is 2.99. The summed E-state index contributed by atoms with van der Waals surface area (Å²) in [7, 11) is 1.32. The van der Waals surface area contributed by atoms with Gasteiger partial charge in [-0.2, -0.15) is 0 Å². The number of ether oxygens (including phenoxy) is 1. The number of esters is 1. The Morgan fingerprint density at radius 2 is 1.81 bits per heavy atom. The smallest absolute Gasteiger partial charge is 0.328 e. The van der Waals surface area contributed by atoms with Crippen LogP contribution in [0.4, 0.5) is 5.69 Å². The number of carbonyl (C=O) groups is 2. The molecule has 0 saturated heterocycles. The van der Waals surface area contributed by atoms with E-state index < -0.39 is 12.0 Å². The number of methoxy groups -OCH3 is 1. The van der Waals surface area contributed by atoms with Gasteiger partial charge in [-0.25, -0.2) is 4.79 Å². The molecule has 116 valence electrons. The molecule has 1 aromatic rings. The minimum Gasteiger partial charge on any atom is -0.467 e. The largest absolute Gasteiger partial charge is 0.467 e. The van der Waals surface area contributed by atoms with Gasteiger partial charge < -0.3 is 15.8 Å². The topological polar surface area (TPSA) is 81.4 Å². The SMILES string of the molecule is CCC(C)[C@H](NC(=O)c1cc(C)c(N)c(C)c1)C(=O)OC. The van der Waals surface area contributed by atoms with Crippen LogP contribution in [-0.4, -0.2) is 25.0 Å². The van der Waals surface area contributed by atoms with E-state index in [4.69, 9.17) is 10.5 Å². The number of rotatable bonds is 5. The van der Waals surface area contributed by atoms with Gasteiger partial charge in [0.05, 0.1) is 7.11 Å². The first-order chi connectivity index (χ1) is 9.81. The number of anilines is 1. The van der Waals surface area contributed by atoms with Crippen LogP contribution < -0.4 is 11.1 Å². The van der Waals surface area contributed by atoms with Crippen molar-refractivity contribution in [1.82, 2.24) is 5.32 Å². The molecule has 0 radical (unpaired) electrons. The number of benzene rings is 1. The van der Waals surface area contributed by atoms with E-state index in [0.29, 0.717) is 11.3 Å². The van der Waals surface area contributed by atoms with E-state index in [-0.39, 0.29) is 11.8 Å². The number of nitrogen functional groups attached to an aromatic ring is 1. The van der Waals surface area contributed by atoms with Gasteiger partial charge in [-0.3, -0.25) is 4.79 Å². The van der Waals surface area contributed by atoms with Crippen molar-refractivity contribution < 1.29 is 14.3 Å². The normalized spacial score (nSPS) is 13.4. The molecule has 5 heteroatoms. The Morgan fingerprint density at radius 3 is 2.24 bits per heavy atom. The Morgan fingerprint density at radius 1 is 1.29 bits per heavy atom. The van der Waals surface area contributed by atoms with E-state index in [0.717, 1.165) is 17.5 Å². The van der Waals surface area contributed by atoms with Crippen molar-refractivity contribution in [1.29, 1.82) is 0 Å². The molecule has 0 saturated carbocycles. The predicted octanol–water partition coefficient (Wildman–Crippen LogP) is 2.20. The second-order valence-corrected chi connectivity index (χ2v) is 5.38. The Bertz CT molecular complexity index is 517. The standard InChI is InChI=1S/C16H24N2O3/c1-6-9(2)14(16(20)21-5)18-15(19)12-7-10(3)13(17)11(4)8-12/h7-9,14H,6,17H2,1-5H3,(H,18,19)/t9?,14-/m0/s1. The van der Waals surface area contributed by atoms with E-state index in [1.165, 1.54) is 7.11 Å². The van der Waals surface area contributed by atoms with Crippen molar-refractivity contribution in [2.24, 2.45) is 5.92 Å². The number of aryl methyl sites for hydroxylation is 2. The highest BCUT2D eigenvalue weighted by Gasteiger charge is 2.27. The number of nitrogens with one attached hydrogen (secondary N) is 1. The van der Waals surface area contributed by atoms with Crippen LogP contribution in [0.1, 0.15) is 41.8 Å². The maximum Gasteiger partial charge on any atom is 0.328 e. The van der Waals surface area contributed by atoms with Gasteiger partial charge in [0.2, 0.25) is 0 Å². The van der Waals surface area contributed by atoms with Crippen molar-refractivity contribution in [2.75, 3.05) is 12.8 Å². The zero-order chi connectivity index (χ0) is 16.2. The molecule has 0 aliphatic carbocycles. The second-order valence-electron chi connectivity index (χ2n) is 5.38. The number of hydrogen-bond donors (Lipinski definition) is 2. The maximum absolute atomic E-state index is 12.4. The molecular weight excluding hydrogens is 268 g/mol. The summed E-state index contributed by atoms with van der Waals surface area (Å²) in [6.45, 7) is 7.57. The summed E-state index contributed by atoms with van der Waals surface area (Å²) in [4.78, 5) is 24.2. The molecule has 0 bridgehead atoms. The number of amides is 1. The fraction of sp³-hybridized carbons (Fsp3) is 0.500. The van der Waals surface area contributed by atoms with Crippen LogP contribution in [0.25, 0.3) is 0 Å². The van der Waals surface area contributed by atoms with Gasteiger partial charge in [0.1, 0.15) is 6.04 Å². The van der Waals surface area contributed by atoms with Crippen LogP contribution in [0, 0.1) is 19.8 Å². The van der Waals surface area contributed by atoms with Gasteiger partial charge in [0.15, 0.2) is 0 Å². The van der Waals surface area contributed by atoms with Crippen LogP contribution in [-0.2, 0) is 9.53 Å². The number of hydrogen-bond acceptors (Lipinski definition) is 4. The first kappa shape index (κ1) is 17.0. The Kier molecular flexibility index (Phi) is 5.76. The average molecular weight is 292 g/mol. The van der Waals surface area contributed by atoms with Crippen molar-refractivity contribution >= 4 is 17.6 Å². The van der Waals surface area contributed by atoms with Crippen LogP contribution in [0.15, 0.2) is 12.1 Å². The van der Waals surface area contributed by atoms with E-state index in [1.54, 1.807) is 12.1 Å². The molecule has 3 N–H and O–H groups in total. The summed E-state index contributed by atoms with van der Waals surface area (Å²) in [6.07, 6.45) is 0.764. The Hall–Kier alpha value is -2.04. The third-order valence-corrected chi connectivity index (χ3v) is 3.81. The lowest BCUT2D eigenvalue weighted by Gasteiger charge is -2.22. The van der Waals surface area contributed by atoms with Crippen LogP contribution >= 0.6 is 0 Å². The lowest BCUT2D eigenvalue weighted by molar-refractivity contribution is -0.144. The lowest BCUT2D eigenvalue weighted by atomic mass is 9.98. The maximum atomic E-state index is 12.4. The monoisotopic (exact) mass is 292 g/mol. The number of nitrogens with two attached hydrogens (primary N) is 1. The highest BCUT2D eigenvalue weighted by atomic mass is 16.5. The molecule has 0 heterocycles. The van der Waals surface area contributed by atoms with Gasteiger partial charge in [-0.1, -0.05) is 20.3 Å². The van der Waals surface area contributed by atoms with Gasteiger partial charge >= 0.3 is 5.97 Å². The quantitative estimate of drug-likeness (QED) is 0.644. The molecule has 2 atom stereocenters. The molecule has 0 aliphatic heterocycles. The van der Waals surface area contributed by atoms with Crippen molar-refractivity contribution in [3.05, 3.63) is 28.8 Å². The zero-order valence-corrected chi connectivity index (χ0v) is 13.3. The third-order valence-electron chi connectivity index (χ3n) is 3.81. The fourth-order valence-electron chi connectivity index (χ4n) is 2.13. The molecular formula is C16H24N2O3. The molecule has 21 heavy (non-hydrogen) atoms. The molecule has 1 rings (SSSR count). The van der Waals surface area contributed by atoms with E-state index in [1.807, 2.05) is 27.7 Å². The van der Waals surface area contributed by atoms with Crippen LogP contribution in [0.5, 0.6) is 0 Å². The van der Waals surface area contributed by atoms with E-state index in [2.05, 4.69) is 5.32 Å². The van der Waals surface area contributed by atoms with Crippen molar-refractivity contribution in [3.8, 4) is 0 Å². The molecule has 1 unspecified atom stereocenters. The number of carbonyl (C=O) groups excluding carboxylic acids is 2. The van der Waals surface area contributed by atoms with E-state index >= 15 is 0 Å². The minimum absolute atomic E-state index is 0.00243. The molecule has 1 aromatic carbocycles. The average Bonchev–Trinajstić information content (AvgIpc) is 2.47. The van der Waals surface area contributed by atoms with Crippen LogP contribution in [0.2, 0.25) is 0 Å². The first-order valence-corrected chi connectivity index (χ1v) is 7.07. The fourth-order valence-corrected chi connectivity index (χ4v) is 2.13. The second kappa shape index (κ2) is 7.11. The zero-order valence-electron chi connectivity index (χ0n) is 13.3. The van der Waals surface area contributed by atoms with Crippen molar-refractivity contribution in [2.45, 2.75) is 40.2 Å². The van der Waals surface area contributed by atoms with Gasteiger partial charge in [-0.05, 0) is 43.0 Å². The summed E-state index contributed by atoms with van der Waals surface area (Å²) in [5, 5.41) is 2.75. The molecule has 5 nitrogen and oxygen atoms in total. The summed E-state index contributed by atoms with van der Waals surface area (Å²) in [5.41, 5.74) is 8.75. The summed E-state index contributed by atoms with van der Waals surface area (Å²) in [5.74, 6) is -0.726.